The third kappa shape index (κ3) is 4.04. The highest BCUT2D eigenvalue weighted by Gasteiger charge is 2.20. The first kappa shape index (κ1) is 15.5. The fourth-order valence-corrected chi connectivity index (χ4v) is 2.67. The van der Waals surface area contributed by atoms with E-state index in [1.54, 1.807) is 6.07 Å². The Morgan fingerprint density at radius 2 is 1.95 bits per heavy atom. The number of rotatable bonds is 6. The Kier molecular flexibility index (Phi) is 5.33. The Labute approximate surface area is 124 Å². The lowest BCUT2D eigenvalue weighted by atomic mass is 9.90. The number of fused-ring (bicyclic) bond motifs is 1. The SMILES string of the molecule is COCCN(CC(=O)O)C(=O)c1ccc2c(c1)CCCC2. The summed E-state index contributed by atoms with van der Waals surface area (Å²) in [5.41, 5.74) is 3.08. The predicted molar refractivity (Wildman–Crippen MR) is 78.5 cm³/mol. The first-order valence-electron chi connectivity index (χ1n) is 7.23. The van der Waals surface area contributed by atoms with E-state index in [2.05, 4.69) is 0 Å². The van der Waals surface area contributed by atoms with E-state index in [9.17, 15) is 9.59 Å². The van der Waals surface area contributed by atoms with Gasteiger partial charge in [0.05, 0.1) is 6.61 Å². The van der Waals surface area contributed by atoms with Gasteiger partial charge in [0.25, 0.3) is 5.91 Å². The minimum atomic E-state index is -1.02. The minimum Gasteiger partial charge on any atom is -0.480 e. The van der Waals surface area contributed by atoms with Gasteiger partial charge in [-0.1, -0.05) is 6.07 Å². The summed E-state index contributed by atoms with van der Waals surface area (Å²) in [5.74, 6) is -1.26. The molecular formula is C16H21NO4. The Morgan fingerprint density at radius 3 is 2.62 bits per heavy atom. The van der Waals surface area contributed by atoms with Crippen LogP contribution in [0.3, 0.4) is 0 Å². The summed E-state index contributed by atoms with van der Waals surface area (Å²) in [4.78, 5) is 24.7. The number of methoxy groups -OCH3 is 1. The summed E-state index contributed by atoms with van der Waals surface area (Å²) in [6.45, 7) is 0.294. The van der Waals surface area contributed by atoms with Crippen LogP contribution in [0, 0.1) is 0 Å². The molecule has 0 bridgehead atoms. The second kappa shape index (κ2) is 7.22. The van der Waals surface area contributed by atoms with Crippen LogP contribution < -0.4 is 0 Å². The number of nitrogens with zero attached hydrogens (tertiary/aromatic N) is 1. The smallest absolute Gasteiger partial charge is 0.323 e. The van der Waals surface area contributed by atoms with Crippen LogP contribution in [-0.4, -0.2) is 48.7 Å². The quantitative estimate of drug-likeness (QED) is 0.867. The number of ether oxygens (including phenoxy) is 1. The lowest BCUT2D eigenvalue weighted by Crippen LogP contribution is -2.38. The number of carboxylic acids is 1. The van der Waals surface area contributed by atoms with Crippen molar-refractivity contribution in [2.75, 3.05) is 26.8 Å². The van der Waals surface area contributed by atoms with Crippen LogP contribution in [0.25, 0.3) is 0 Å². The topological polar surface area (TPSA) is 66.8 Å². The number of hydrogen-bond acceptors (Lipinski definition) is 3. The molecule has 0 unspecified atom stereocenters. The molecule has 0 atom stereocenters. The highest BCUT2D eigenvalue weighted by molar-refractivity contribution is 5.96. The van der Waals surface area contributed by atoms with Gasteiger partial charge in [-0.2, -0.15) is 0 Å². The van der Waals surface area contributed by atoms with E-state index >= 15 is 0 Å². The summed E-state index contributed by atoms with van der Waals surface area (Å²) in [6.07, 6.45) is 4.40. The van der Waals surface area contributed by atoms with Crippen molar-refractivity contribution in [1.29, 1.82) is 0 Å². The summed E-state index contributed by atoms with van der Waals surface area (Å²) in [5, 5.41) is 8.94. The number of carbonyl (C=O) groups excluding carboxylic acids is 1. The van der Waals surface area contributed by atoms with Crippen molar-refractivity contribution >= 4 is 11.9 Å². The van der Waals surface area contributed by atoms with Gasteiger partial charge in [-0.05, 0) is 48.9 Å². The van der Waals surface area contributed by atoms with E-state index in [0.717, 1.165) is 19.3 Å². The third-order valence-electron chi connectivity index (χ3n) is 3.77. The Morgan fingerprint density at radius 1 is 1.24 bits per heavy atom. The molecule has 0 fully saturated rings. The molecule has 0 aliphatic heterocycles. The molecule has 1 aromatic rings. The fraction of sp³-hybridized carbons (Fsp3) is 0.500. The molecule has 0 spiro atoms. The number of benzene rings is 1. The molecule has 2 rings (SSSR count). The molecule has 0 saturated carbocycles. The molecule has 1 N–H and O–H groups in total. The van der Waals surface area contributed by atoms with Gasteiger partial charge in [-0.3, -0.25) is 9.59 Å². The van der Waals surface area contributed by atoms with Crippen LogP contribution in [0.5, 0.6) is 0 Å². The molecule has 5 heteroatoms. The molecule has 1 aliphatic rings. The number of hydrogen-bond donors (Lipinski definition) is 1. The zero-order valence-corrected chi connectivity index (χ0v) is 12.3. The van der Waals surface area contributed by atoms with Crippen molar-refractivity contribution in [1.82, 2.24) is 4.90 Å². The van der Waals surface area contributed by atoms with Crippen molar-refractivity contribution in [2.45, 2.75) is 25.7 Å². The van der Waals surface area contributed by atoms with Crippen LogP contribution in [0.1, 0.15) is 34.3 Å². The maximum Gasteiger partial charge on any atom is 0.323 e. The van der Waals surface area contributed by atoms with E-state index in [-0.39, 0.29) is 19.0 Å². The van der Waals surface area contributed by atoms with E-state index in [0.29, 0.717) is 12.2 Å². The molecule has 5 nitrogen and oxygen atoms in total. The van der Waals surface area contributed by atoms with Gasteiger partial charge in [0.2, 0.25) is 0 Å². The summed E-state index contributed by atoms with van der Waals surface area (Å²) in [7, 11) is 1.53. The number of carbonyl (C=O) groups is 2. The van der Waals surface area contributed by atoms with Crippen molar-refractivity contribution in [2.24, 2.45) is 0 Å². The van der Waals surface area contributed by atoms with Crippen LogP contribution >= 0.6 is 0 Å². The van der Waals surface area contributed by atoms with E-state index in [1.165, 1.54) is 29.6 Å². The zero-order chi connectivity index (χ0) is 15.2. The van der Waals surface area contributed by atoms with Crippen LogP contribution in [0.15, 0.2) is 18.2 Å². The Balaban J connectivity index is 2.17. The largest absolute Gasteiger partial charge is 0.480 e. The molecule has 1 aliphatic carbocycles. The Bertz CT molecular complexity index is 527. The fourth-order valence-electron chi connectivity index (χ4n) is 2.67. The molecule has 21 heavy (non-hydrogen) atoms. The van der Waals surface area contributed by atoms with E-state index in [1.807, 2.05) is 12.1 Å². The summed E-state index contributed by atoms with van der Waals surface area (Å²) in [6, 6.07) is 5.71. The van der Waals surface area contributed by atoms with Crippen LogP contribution in [0.4, 0.5) is 0 Å². The predicted octanol–water partition coefficient (Wildman–Crippen LogP) is 1.74. The molecule has 114 valence electrons. The van der Waals surface area contributed by atoms with Crippen LogP contribution in [0.2, 0.25) is 0 Å². The van der Waals surface area contributed by atoms with Crippen molar-refractivity contribution in [3.63, 3.8) is 0 Å². The second-order valence-corrected chi connectivity index (χ2v) is 5.30. The number of aryl methyl sites for hydroxylation is 2. The van der Waals surface area contributed by atoms with Crippen molar-refractivity contribution in [3.8, 4) is 0 Å². The van der Waals surface area contributed by atoms with Gasteiger partial charge in [0.1, 0.15) is 6.54 Å². The van der Waals surface area contributed by atoms with E-state index < -0.39 is 5.97 Å². The molecule has 0 heterocycles. The van der Waals surface area contributed by atoms with Gasteiger partial charge in [-0.15, -0.1) is 0 Å². The molecule has 0 aromatic heterocycles. The maximum atomic E-state index is 12.5. The van der Waals surface area contributed by atoms with Crippen molar-refractivity contribution in [3.05, 3.63) is 34.9 Å². The normalized spacial score (nSPS) is 13.6. The third-order valence-corrected chi connectivity index (χ3v) is 3.77. The average molecular weight is 291 g/mol. The monoisotopic (exact) mass is 291 g/mol. The van der Waals surface area contributed by atoms with E-state index in [4.69, 9.17) is 9.84 Å². The lowest BCUT2D eigenvalue weighted by molar-refractivity contribution is -0.137. The zero-order valence-electron chi connectivity index (χ0n) is 12.3. The van der Waals surface area contributed by atoms with Crippen LogP contribution in [-0.2, 0) is 22.4 Å². The Hall–Kier alpha value is -1.88. The molecular weight excluding hydrogens is 270 g/mol. The number of amides is 1. The van der Waals surface area contributed by atoms with Gasteiger partial charge < -0.3 is 14.7 Å². The standard InChI is InChI=1S/C16H21NO4/c1-21-9-8-17(11-15(18)19)16(20)14-7-6-12-4-2-3-5-13(12)10-14/h6-7,10H,2-5,8-9,11H2,1H3,(H,18,19). The molecule has 1 amide bonds. The van der Waals surface area contributed by atoms with Gasteiger partial charge in [-0.25, -0.2) is 0 Å². The second-order valence-electron chi connectivity index (χ2n) is 5.30. The summed E-state index contributed by atoms with van der Waals surface area (Å²) >= 11 is 0. The van der Waals surface area contributed by atoms with Gasteiger partial charge >= 0.3 is 5.97 Å². The lowest BCUT2D eigenvalue weighted by Gasteiger charge is -2.22. The number of carboxylic acid groups (broad SMARTS) is 1. The molecule has 1 aromatic carbocycles. The highest BCUT2D eigenvalue weighted by atomic mass is 16.5. The first-order chi connectivity index (χ1) is 10.1. The number of aliphatic carboxylic acids is 1. The van der Waals surface area contributed by atoms with Gasteiger partial charge in [0, 0.05) is 19.2 Å². The minimum absolute atomic E-state index is 0.247. The average Bonchev–Trinajstić information content (AvgIpc) is 2.50. The molecule has 0 radical (unpaired) electrons. The van der Waals surface area contributed by atoms with Crippen molar-refractivity contribution < 1.29 is 19.4 Å². The highest BCUT2D eigenvalue weighted by Crippen LogP contribution is 2.22. The maximum absolute atomic E-state index is 12.5. The molecule has 0 saturated heterocycles. The summed E-state index contributed by atoms with van der Waals surface area (Å²) < 4.78 is 4.94. The first-order valence-corrected chi connectivity index (χ1v) is 7.23. The van der Waals surface area contributed by atoms with Gasteiger partial charge in [0.15, 0.2) is 0 Å².